The van der Waals surface area contributed by atoms with Gasteiger partial charge in [0.25, 0.3) is 0 Å². The van der Waals surface area contributed by atoms with Crippen LogP contribution in [0.25, 0.3) is 0 Å². The summed E-state index contributed by atoms with van der Waals surface area (Å²) in [6.07, 6.45) is 1.74. The number of hydrogen-bond acceptors (Lipinski definition) is 4. The maximum Gasteiger partial charge on any atom is 0.133 e. The van der Waals surface area contributed by atoms with E-state index in [9.17, 15) is 0 Å². The van der Waals surface area contributed by atoms with E-state index in [1.54, 1.807) is 6.20 Å². The van der Waals surface area contributed by atoms with Crippen LogP contribution in [0, 0.1) is 0 Å². The third-order valence-electron chi connectivity index (χ3n) is 2.14. The van der Waals surface area contributed by atoms with Gasteiger partial charge in [0.05, 0.1) is 6.61 Å². The summed E-state index contributed by atoms with van der Waals surface area (Å²) in [6, 6.07) is 3.83. The minimum absolute atomic E-state index is 0.133. The summed E-state index contributed by atoms with van der Waals surface area (Å²) in [4.78, 5) is 6.29. The summed E-state index contributed by atoms with van der Waals surface area (Å²) >= 11 is 0. The van der Waals surface area contributed by atoms with Gasteiger partial charge in [-0.2, -0.15) is 0 Å². The first-order valence-electron chi connectivity index (χ1n) is 4.83. The van der Waals surface area contributed by atoms with Crippen LogP contribution in [-0.4, -0.2) is 29.8 Å². The average Bonchev–Trinajstić information content (AvgIpc) is 2.26. The normalized spacial score (nSPS) is 10.2. The van der Waals surface area contributed by atoms with Crippen LogP contribution in [0.4, 0.5) is 5.82 Å². The van der Waals surface area contributed by atoms with Crippen molar-refractivity contribution in [2.45, 2.75) is 13.5 Å². The van der Waals surface area contributed by atoms with E-state index in [2.05, 4.69) is 4.98 Å². The van der Waals surface area contributed by atoms with Gasteiger partial charge in [-0.15, -0.1) is 0 Å². The van der Waals surface area contributed by atoms with Gasteiger partial charge in [0.2, 0.25) is 0 Å². The molecule has 14 heavy (non-hydrogen) atoms. The minimum atomic E-state index is 0.133. The van der Waals surface area contributed by atoms with E-state index in [4.69, 9.17) is 10.8 Å². The number of aliphatic hydroxyl groups is 1. The molecule has 0 aliphatic heterocycles. The molecule has 4 nitrogen and oxygen atoms in total. The fraction of sp³-hybridized carbons (Fsp3) is 0.500. The number of aromatic nitrogens is 1. The fourth-order valence-corrected chi connectivity index (χ4v) is 1.41. The van der Waals surface area contributed by atoms with Crippen LogP contribution in [0.1, 0.15) is 12.5 Å². The number of nitrogens with zero attached hydrogens (tertiary/aromatic N) is 2. The zero-order chi connectivity index (χ0) is 10.4. The first-order valence-corrected chi connectivity index (χ1v) is 4.83. The lowest BCUT2D eigenvalue weighted by Crippen LogP contribution is -2.28. The molecule has 3 N–H and O–H groups in total. The molecule has 1 aromatic heterocycles. The number of hydrogen-bond donors (Lipinski definition) is 2. The van der Waals surface area contributed by atoms with Crippen LogP contribution in [0.2, 0.25) is 0 Å². The van der Waals surface area contributed by atoms with Crippen molar-refractivity contribution < 1.29 is 5.11 Å². The molecule has 0 radical (unpaired) electrons. The van der Waals surface area contributed by atoms with Gasteiger partial charge in [-0.1, -0.05) is 6.07 Å². The lowest BCUT2D eigenvalue weighted by atomic mass is 10.2. The highest BCUT2D eigenvalue weighted by Crippen LogP contribution is 2.15. The molecule has 78 valence electrons. The first-order chi connectivity index (χ1) is 6.83. The van der Waals surface area contributed by atoms with Crippen LogP contribution in [0.15, 0.2) is 18.3 Å². The van der Waals surface area contributed by atoms with Gasteiger partial charge in [0, 0.05) is 31.4 Å². The van der Waals surface area contributed by atoms with Gasteiger partial charge in [-0.25, -0.2) is 4.98 Å². The second-order valence-electron chi connectivity index (χ2n) is 2.99. The predicted molar refractivity (Wildman–Crippen MR) is 57.1 cm³/mol. The molecule has 0 fully saturated rings. The summed E-state index contributed by atoms with van der Waals surface area (Å²) in [7, 11) is 0. The Balaban J connectivity index is 2.90. The van der Waals surface area contributed by atoms with E-state index in [1.807, 2.05) is 24.0 Å². The molecule has 0 saturated carbocycles. The summed E-state index contributed by atoms with van der Waals surface area (Å²) in [5.41, 5.74) is 6.63. The monoisotopic (exact) mass is 195 g/mol. The second-order valence-corrected chi connectivity index (χ2v) is 2.99. The van der Waals surface area contributed by atoms with Crippen molar-refractivity contribution in [1.29, 1.82) is 0 Å². The molecule has 0 bridgehead atoms. The third kappa shape index (κ3) is 2.43. The molecule has 1 aromatic rings. The van der Waals surface area contributed by atoms with Gasteiger partial charge in [-0.05, 0) is 13.0 Å². The van der Waals surface area contributed by atoms with Gasteiger partial charge < -0.3 is 15.7 Å². The first kappa shape index (κ1) is 10.9. The van der Waals surface area contributed by atoms with Gasteiger partial charge in [0.1, 0.15) is 5.82 Å². The smallest absolute Gasteiger partial charge is 0.133 e. The molecular formula is C10H17N3O. The zero-order valence-electron chi connectivity index (χ0n) is 8.48. The molecule has 0 saturated heterocycles. The van der Waals surface area contributed by atoms with Crippen molar-refractivity contribution >= 4 is 5.82 Å². The Labute approximate surface area is 84.4 Å². The Morgan fingerprint density at radius 3 is 2.93 bits per heavy atom. The molecule has 0 amide bonds. The zero-order valence-corrected chi connectivity index (χ0v) is 8.48. The highest BCUT2D eigenvalue weighted by Gasteiger charge is 2.08. The number of aliphatic hydroxyl groups excluding tert-OH is 1. The molecule has 1 rings (SSSR count). The number of rotatable bonds is 5. The summed E-state index contributed by atoms with van der Waals surface area (Å²) in [5.74, 6) is 0.881. The topological polar surface area (TPSA) is 62.4 Å². The molecular weight excluding hydrogens is 178 g/mol. The molecule has 4 heteroatoms. The van der Waals surface area contributed by atoms with E-state index >= 15 is 0 Å². The maximum absolute atomic E-state index is 8.89. The average molecular weight is 195 g/mol. The molecule has 0 unspecified atom stereocenters. The molecule has 0 aliphatic carbocycles. The van der Waals surface area contributed by atoms with E-state index in [1.165, 1.54) is 0 Å². The Morgan fingerprint density at radius 2 is 2.36 bits per heavy atom. The highest BCUT2D eigenvalue weighted by molar-refractivity contribution is 5.46. The lowest BCUT2D eigenvalue weighted by molar-refractivity contribution is 0.302. The molecule has 1 heterocycles. The molecule has 0 aliphatic rings. The Bertz CT molecular complexity index is 278. The maximum atomic E-state index is 8.89. The number of likely N-dealkylation sites (N-methyl/N-ethyl adjacent to an activating group) is 1. The largest absolute Gasteiger partial charge is 0.395 e. The van der Waals surface area contributed by atoms with E-state index in [0.717, 1.165) is 17.9 Å². The number of nitrogens with two attached hydrogens (primary N) is 1. The lowest BCUT2D eigenvalue weighted by Gasteiger charge is -2.22. The third-order valence-corrected chi connectivity index (χ3v) is 2.14. The van der Waals surface area contributed by atoms with Gasteiger partial charge in [-0.3, -0.25) is 0 Å². The van der Waals surface area contributed by atoms with Crippen LogP contribution in [0.5, 0.6) is 0 Å². The Morgan fingerprint density at radius 1 is 1.57 bits per heavy atom. The van der Waals surface area contributed by atoms with Crippen LogP contribution in [-0.2, 0) is 6.54 Å². The van der Waals surface area contributed by atoms with Crippen molar-refractivity contribution in [1.82, 2.24) is 4.98 Å². The second kappa shape index (κ2) is 5.57. The SMILES string of the molecule is CCN(CCO)c1ncccc1CN. The molecule has 0 aromatic carbocycles. The summed E-state index contributed by atoms with van der Waals surface area (Å²) < 4.78 is 0. The van der Waals surface area contributed by atoms with Crippen molar-refractivity contribution in [3.8, 4) is 0 Å². The number of anilines is 1. The summed E-state index contributed by atoms with van der Waals surface area (Å²) in [5, 5.41) is 8.89. The fourth-order valence-electron chi connectivity index (χ4n) is 1.41. The van der Waals surface area contributed by atoms with Crippen LogP contribution < -0.4 is 10.6 Å². The standard InChI is InChI=1S/C10H17N3O/c1-2-13(6-7-14)10-9(8-11)4-3-5-12-10/h3-5,14H,2,6-8,11H2,1H3. The molecule has 0 atom stereocenters. The Kier molecular flexibility index (Phi) is 4.35. The van der Waals surface area contributed by atoms with E-state index in [-0.39, 0.29) is 6.61 Å². The van der Waals surface area contributed by atoms with Crippen LogP contribution >= 0.6 is 0 Å². The highest BCUT2D eigenvalue weighted by atomic mass is 16.3. The van der Waals surface area contributed by atoms with E-state index < -0.39 is 0 Å². The van der Waals surface area contributed by atoms with Gasteiger partial charge >= 0.3 is 0 Å². The van der Waals surface area contributed by atoms with Crippen molar-refractivity contribution in [3.63, 3.8) is 0 Å². The van der Waals surface area contributed by atoms with Gasteiger partial charge in [0.15, 0.2) is 0 Å². The van der Waals surface area contributed by atoms with Crippen LogP contribution in [0.3, 0.4) is 0 Å². The number of pyridine rings is 1. The minimum Gasteiger partial charge on any atom is -0.395 e. The van der Waals surface area contributed by atoms with E-state index in [0.29, 0.717) is 13.1 Å². The summed E-state index contributed by atoms with van der Waals surface area (Å²) in [6.45, 7) is 4.06. The van der Waals surface area contributed by atoms with Crippen molar-refractivity contribution in [3.05, 3.63) is 23.9 Å². The molecule has 0 spiro atoms. The van der Waals surface area contributed by atoms with Crippen molar-refractivity contribution in [2.75, 3.05) is 24.6 Å². The predicted octanol–water partition coefficient (Wildman–Crippen LogP) is 0.359. The quantitative estimate of drug-likeness (QED) is 0.712. The van der Waals surface area contributed by atoms with Crippen molar-refractivity contribution in [2.24, 2.45) is 5.73 Å². The Hall–Kier alpha value is -1.13.